The number of hydrogen-bond acceptors (Lipinski definition) is 7. The Balaban J connectivity index is 0.00000289. The van der Waals surface area contributed by atoms with Crippen LogP contribution in [-0.4, -0.2) is 54.7 Å². The van der Waals surface area contributed by atoms with Gasteiger partial charge in [0.2, 0.25) is 5.91 Å². The van der Waals surface area contributed by atoms with Crippen LogP contribution >= 0.6 is 35.3 Å². The molecule has 0 radical (unpaired) electrons. The van der Waals surface area contributed by atoms with E-state index >= 15 is 0 Å². The van der Waals surface area contributed by atoms with E-state index in [0.717, 1.165) is 4.70 Å². The molecule has 11 heteroatoms. The predicted octanol–water partition coefficient (Wildman–Crippen LogP) is 3.88. The molecule has 0 spiro atoms. The minimum absolute atomic E-state index is 0. The number of aromatic nitrogens is 2. The zero-order chi connectivity index (χ0) is 22.1. The summed E-state index contributed by atoms with van der Waals surface area (Å²) in [5.74, 6) is -0.264. The van der Waals surface area contributed by atoms with E-state index in [-0.39, 0.29) is 24.9 Å². The van der Waals surface area contributed by atoms with Crippen molar-refractivity contribution in [2.45, 2.75) is 6.54 Å². The fourth-order valence-electron chi connectivity index (χ4n) is 3.23. The van der Waals surface area contributed by atoms with Gasteiger partial charge >= 0.3 is 5.76 Å². The molecule has 32 heavy (non-hydrogen) atoms. The van der Waals surface area contributed by atoms with Gasteiger partial charge in [0.15, 0.2) is 10.7 Å². The number of benzene rings is 2. The van der Waals surface area contributed by atoms with Crippen LogP contribution in [0.3, 0.4) is 0 Å². The molecule has 0 saturated heterocycles. The summed E-state index contributed by atoms with van der Waals surface area (Å²) in [7, 11) is 5.41. The molecule has 0 fully saturated rings. The highest BCUT2D eigenvalue weighted by Gasteiger charge is 2.24. The van der Waals surface area contributed by atoms with Gasteiger partial charge in [-0.25, -0.2) is 9.78 Å². The number of carbonyl (C=O) groups is 1. The third kappa shape index (κ3) is 4.61. The Morgan fingerprint density at radius 1 is 1.22 bits per heavy atom. The second-order valence-electron chi connectivity index (χ2n) is 7.19. The number of anilines is 1. The maximum atomic E-state index is 13.3. The molecule has 8 nitrogen and oxygen atoms in total. The SMILES string of the molecule is COc1ccc(Cl)c2sc(N(CCN(C)C)C(=O)Cn3c(=O)oc4ccccc43)nc12.Cl. The van der Waals surface area contributed by atoms with Crippen LogP contribution in [-0.2, 0) is 11.3 Å². The maximum Gasteiger partial charge on any atom is 0.420 e. The maximum absolute atomic E-state index is 13.3. The van der Waals surface area contributed by atoms with Crippen molar-refractivity contribution in [2.75, 3.05) is 39.2 Å². The molecule has 0 atom stereocenters. The Morgan fingerprint density at radius 3 is 2.69 bits per heavy atom. The largest absolute Gasteiger partial charge is 0.494 e. The van der Waals surface area contributed by atoms with Crippen molar-refractivity contribution >= 4 is 67.7 Å². The molecule has 0 saturated carbocycles. The van der Waals surface area contributed by atoms with Crippen LogP contribution in [0, 0.1) is 0 Å². The van der Waals surface area contributed by atoms with E-state index < -0.39 is 5.76 Å². The molecule has 0 unspecified atom stereocenters. The number of likely N-dealkylation sites (N-methyl/N-ethyl adjacent to an activating group) is 1. The zero-order valence-corrected chi connectivity index (χ0v) is 20.1. The van der Waals surface area contributed by atoms with Gasteiger partial charge in [-0.2, -0.15) is 0 Å². The summed E-state index contributed by atoms with van der Waals surface area (Å²) in [6.07, 6.45) is 0. The summed E-state index contributed by atoms with van der Waals surface area (Å²) in [4.78, 5) is 33.9. The topological polar surface area (TPSA) is 80.8 Å². The molecule has 0 bridgehead atoms. The first-order valence-corrected chi connectivity index (χ1v) is 10.7. The first-order chi connectivity index (χ1) is 14.9. The Bertz CT molecular complexity index is 1310. The standard InChI is InChI=1S/C21H21ClN4O4S.ClH/c1-24(2)10-11-25(20-23-18-16(29-3)9-8-13(22)19(18)31-20)17(27)12-26-14-6-4-5-7-15(14)30-21(26)28;/h4-9H,10-12H2,1-3H3;1H. The van der Waals surface area contributed by atoms with Crippen LogP contribution in [0.4, 0.5) is 5.13 Å². The molecule has 2 aromatic heterocycles. The van der Waals surface area contributed by atoms with Crippen LogP contribution in [0.25, 0.3) is 21.3 Å². The first kappa shape index (κ1) is 24.1. The highest BCUT2D eigenvalue weighted by Crippen LogP contribution is 2.38. The summed E-state index contributed by atoms with van der Waals surface area (Å²) >= 11 is 7.67. The third-order valence-corrected chi connectivity index (χ3v) is 6.38. The van der Waals surface area contributed by atoms with Crippen molar-refractivity contribution in [3.63, 3.8) is 0 Å². The van der Waals surface area contributed by atoms with Crippen molar-refractivity contribution in [3.05, 3.63) is 52.0 Å². The number of methoxy groups -OCH3 is 1. The normalized spacial score (nSPS) is 11.2. The number of halogens is 2. The molecule has 170 valence electrons. The quantitative estimate of drug-likeness (QED) is 0.386. The molecule has 0 aliphatic carbocycles. The van der Waals surface area contributed by atoms with E-state index in [2.05, 4.69) is 4.98 Å². The van der Waals surface area contributed by atoms with E-state index in [1.807, 2.05) is 19.0 Å². The number of para-hydroxylation sites is 2. The number of fused-ring (bicyclic) bond motifs is 2. The van der Waals surface area contributed by atoms with Crippen molar-refractivity contribution in [3.8, 4) is 5.75 Å². The Morgan fingerprint density at radius 2 is 1.97 bits per heavy atom. The second kappa shape index (κ2) is 9.91. The average Bonchev–Trinajstić information content (AvgIpc) is 3.31. The number of carbonyl (C=O) groups excluding carboxylic acids is 1. The van der Waals surface area contributed by atoms with Crippen LogP contribution in [0.5, 0.6) is 5.75 Å². The van der Waals surface area contributed by atoms with Gasteiger partial charge in [0, 0.05) is 13.1 Å². The van der Waals surface area contributed by atoms with E-state index in [0.29, 0.717) is 45.6 Å². The smallest absolute Gasteiger partial charge is 0.420 e. The predicted molar refractivity (Wildman–Crippen MR) is 130 cm³/mol. The van der Waals surface area contributed by atoms with Crippen molar-refractivity contribution < 1.29 is 13.9 Å². The summed E-state index contributed by atoms with van der Waals surface area (Å²) in [6.45, 7) is 0.855. The van der Waals surface area contributed by atoms with Gasteiger partial charge in [0.25, 0.3) is 0 Å². The zero-order valence-electron chi connectivity index (χ0n) is 17.7. The highest BCUT2D eigenvalue weighted by atomic mass is 35.5. The fraction of sp³-hybridized carbons (Fsp3) is 0.286. The number of rotatable bonds is 7. The molecular weight excluding hydrogens is 475 g/mol. The third-order valence-electron chi connectivity index (χ3n) is 4.84. The Labute approximate surface area is 199 Å². The number of ether oxygens (including phenoxy) is 1. The van der Waals surface area contributed by atoms with Crippen LogP contribution in [0.1, 0.15) is 0 Å². The molecule has 4 aromatic rings. The molecule has 4 rings (SSSR count). The van der Waals surface area contributed by atoms with Gasteiger partial charge in [0.1, 0.15) is 17.8 Å². The molecule has 0 aliphatic heterocycles. The second-order valence-corrected chi connectivity index (χ2v) is 8.58. The Hall–Kier alpha value is -2.59. The van der Waals surface area contributed by atoms with Crippen molar-refractivity contribution in [1.29, 1.82) is 0 Å². The minimum atomic E-state index is -0.573. The van der Waals surface area contributed by atoms with E-state index in [9.17, 15) is 9.59 Å². The lowest BCUT2D eigenvalue weighted by Gasteiger charge is -2.22. The van der Waals surface area contributed by atoms with E-state index in [4.69, 9.17) is 20.8 Å². The summed E-state index contributed by atoms with van der Waals surface area (Å²) < 4.78 is 12.7. The van der Waals surface area contributed by atoms with Crippen LogP contribution in [0.15, 0.2) is 45.6 Å². The van der Waals surface area contributed by atoms with Crippen LogP contribution in [0.2, 0.25) is 5.02 Å². The lowest BCUT2D eigenvalue weighted by atomic mass is 10.3. The van der Waals surface area contributed by atoms with Gasteiger partial charge in [-0.05, 0) is 38.4 Å². The van der Waals surface area contributed by atoms with Gasteiger partial charge in [-0.15, -0.1) is 12.4 Å². The van der Waals surface area contributed by atoms with E-state index in [1.165, 1.54) is 15.9 Å². The summed E-state index contributed by atoms with van der Waals surface area (Å²) in [5, 5.41) is 1.03. The monoisotopic (exact) mass is 496 g/mol. The summed E-state index contributed by atoms with van der Waals surface area (Å²) in [5.41, 5.74) is 1.61. The van der Waals surface area contributed by atoms with Gasteiger partial charge in [-0.1, -0.05) is 35.1 Å². The molecule has 0 aliphatic rings. The van der Waals surface area contributed by atoms with Gasteiger partial charge in [0.05, 0.1) is 22.3 Å². The average molecular weight is 497 g/mol. The fourth-order valence-corrected chi connectivity index (χ4v) is 4.53. The molecule has 2 aromatic carbocycles. The molecule has 0 N–H and O–H groups in total. The molecular formula is C21H22Cl2N4O4S. The molecule has 1 amide bonds. The lowest BCUT2D eigenvalue weighted by molar-refractivity contribution is -0.119. The van der Waals surface area contributed by atoms with Gasteiger partial charge < -0.3 is 14.1 Å². The van der Waals surface area contributed by atoms with E-state index in [1.54, 1.807) is 48.4 Å². The molecule has 2 heterocycles. The van der Waals surface area contributed by atoms with Crippen molar-refractivity contribution in [2.24, 2.45) is 0 Å². The first-order valence-electron chi connectivity index (χ1n) is 9.55. The number of hydrogen-bond donors (Lipinski definition) is 0. The number of amides is 1. The van der Waals surface area contributed by atoms with Gasteiger partial charge in [-0.3, -0.25) is 14.3 Å². The summed E-state index contributed by atoms with van der Waals surface area (Å²) in [6, 6.07) is 10.5. The van der Waals surface area contributed by atoms with Crippen molar-refractivity contribution in [1.82, 2.24) is 14.5 Å². The highest BCUT2D eigenvalue weighted by molar-refractivity contribution is 7.23. The Kier molecular flexibility index (Phi) is 7.45. The minimum Gasteiger partial charge on any atom is -0.494 e. The van der Waals surface area contributed by atoms with Crippen LogP contribution < -0.4 is 15.4 Å². The number of thiazole rings is 1. The number of oxazole rings is 1. The number of nitrogens with zero attached hydrogens (tertiary/aromatic N) is 4. The lowest BCUT2D eigenvalue weighted by Crippen LogP contribution is -2.39.